The molecule has 0 saturated heterocycles. The van der Waals surface area contributed by atoms with E-state index in [0.29, 0.717) is 79.3 Å². The van der Waals surface area contributed by atoms with Crippen LogP contribution in [0.2, 0.25) is 0 Å². The fourth-order valence-corrected chi connectivity index (χ4v) is 3.80. The van der Waals surface area contributed by atoms with Crippen LogP contribution in [0.15, 0.2) is 0 Å². The second-order valence-corrected chi connectivity index (χ2v) is 17.4. The van der Waals surface area contributed by atoms with E-state index in [9.17, 15) is 0 Å². The van der Waals surface area contributed by atoms with E-state index in [2.05, 4.69) is 83.1 Å². The second-order valence-electron chi connectivity index (χ2n) is 17.4. The van der Waals surface area contributed by atoms with Crippen molar-refractivity contribution >= 4 is 0 Å². The highest BCUT2D eigenvalue weighted by Gasteiger charge is 2.32. The molecule has 0 aliphatic rings. The van der Waals surface area contributed by atoms with E-state index < -0.39 is 5.41 Å². The molecule has 0 rings (SSSR count). The lowest BCUT2D eigenvalue weighted by atomic mass is 9.92. The summed E-state index contributed by atoms with van der Waals surface area (Å²) >= 11 is 0. The summed E-state index contributed by atoms with van der Waals surface area (Å²) in [4.78, 5) is 0. The Morgan fingerprint density at radius 2 is 0.422 bits per heavy atom. The standard InChI is InChI=1S/C37H76O8/c1-33(2,3)13-17-38-21-25-42-29-37(30-43-26-22-39-18-14-34(4,5)6,31-44-27-23-40-19-15-35(7,8)9)32-45-28-24-41-20-16-36(10,11)12/h13-32H2,1-12H3. The van der Waals surface area contributed by atoms with E-state index >= 15 is 0 Å². The van der Waals surface area contributed by atoms with E-state index in [1.807, 2.05) is 0 Å². The summed E-state index contributed by atoms with van der Waals surface area (Å²) in [5, 5.41) is 0. The second kappa shape index (κ2) is 23.9. The monoisotopic (exact) mass is 649 g/mol. The molecule has 272 valence electrons. The highest BCUT2D eigenvalue weighted by Crippen LogP contribution is 2.23. The molecule has 0 N–H and O–H groups in total. The molecule has 0 aliphatic heterocycles. The fourth-order valence-electron chi connectivity index (χ4n) is 3.80. The quantitative estimate of drug-likeness (QED) is 0.0795. The van der Waals surface area contributed by atoms with Gasteiger partial charge >= 0.3 is 0 Å². The summed E-state index contributed by atoms with van der Waals surface area (Å²) in [6, 6.07) is 0. The molecule has 8 heteroatoms. The molecular formula is C37H76O8. The van der Waals surface area contributed by atoms with Crippen LogP contribution < -0.4 is 0 Å². The van der Waals surface area contributed by atoms with E-state index in [4.69, 9.17) is 37.9 Å². The Kier molecular flexibility index (Phi) is 23.7. The molecule has 0 aromatic heterocycles. The van der Waals surface area contributed by atoms with E-state index in [-0.39, 0.29) is 21.7 Å². The molecule has 0 radical (unpaired) electrons. The fraction of sp³-hybridized carbons (Fsp3) is 1.00. The van der Waals surface area contributed by atoms with Crippen LogP contribution in [0.5, 0.6) is 0 Å². The summed E-state index contributed by atoms with van der Waals surface area (Å²) in [5.74, 6) is 0. The van der Waals surface area contributed by atoms with Crippen molar-refractivity contribution in [3.8, 4) is 0 Å². The maximum Gasteiger partial charge on any atom is 0.0700 e. The summed E-state index contributed by atoms with van der Waals surface area (Å²) < 4.78 is 48.0. The third-order valence-corrected chi connectivity index (χ3v) is 7.11. The van der Waals surface area contributed by atoms with Gasteiger partial charge in [-0.25, -0.2) is 0 Å². The highest BCUT2D eigenvalue weighted by molar-refractivity contribution is 4.80. The van der Waals surface area contributed by atoms with Gasteiger partial charge in [0.1, 0.15) is 0 Å². The van der Waals surface area contributed by atoms with E-state index in [0.717, 1.165) is 52.1 Å². The molecule has 0 amide bonds. The van der Waals surface area contributed by atoms with Crippen LogP contribution in [-0.2, 0) is 37.9 Å². The van der Waals surface area contributed by atoms with Crippen molar-refractivity contribution in [2.24, 2.45) is 27.1 Å². The number of hydrogen-bond donors (Lipinski definition) is 0. The lowest BCUT2D eigenvalue weighted by Crippen LogP contribution is -2.43. The van der Waals surface area contributed by atoms with Crippen molar-refractivity contribution < 1.29 is 37.9 Å². The van der Waals surface area contributed by atoms with Crippen LogP contribution in [-0.4, -0.2) is 106 Å². The number of rotatable bonds is 28. The van der Waals surface area contributed by atoms with Crippen LogP contribution >= 0.6 is 0 Å². The maximum absolute atomic E-state index is 6.17. The molecule has 0 aromatic rings. The van der Waals surface area contributed by atoms with Gasteiger partial charge in [-0.15, -0.1) is 0 Å². The molecule has 0 spiro atoms. The van der Waals surface area contributed by atoms with Crippen molar-refractivity contribution in [3.63, 3.8) is 0 Å². The summed E-state index contributed by atoms with van der Waals surface area (Å²) in [5.41, 5.74) is 0.543. The van der Waals surface area contributed by atoms with Crippen LogP contribution in [0.25, 0.3) is 0 Å². The zero-order chi connectivity index (χ0) is 34.3. The first-order valence-corrected chi connectivity index (χ1v) is 17.4. The Morgan fingerprint density at radius 1 is 0.244 bits per heavy atom. The van der Waals surface area contributed by atoms with Gasteiger partial charge in [0.15, 0.2) is 0 Å². The molecule has 8 nitrogen and oxygen atoms in total. The molecule has 0 fully saturated rings. The van der Waals surface area contributed by atoms with Gasteiger partial charge < -0.3 is 37.9 Å². The molecule has 0 saturated carbocycles. The Hall–Kier alpha value is -0.320. The van der Waals surface area contributed by atoms with Crippen LogP contribution in [0.1, 0.15) is 109 Å². The first kappa shape index (κ1) is 44.7. The molecule has 0 aromatic carbocycles. The van der Waals surface area contributed by atoms with Crippen molar-refractivity contribution in [2.45, 2.75) is 109 Å². The molecule has 0 atom stereocenters. The van der Waals surface area contributed by atoms with Crippen molar-refractivity contribution in [1.82, 2.24) is 0 Å². The van der Waals surface area contributed by atoms with Crippen LogP contribution in [0.3, 0.4) is 0 Å². The number of ether oxygens (including phenoxy) is 8. The van der Waals surface area contributed by atoms with Crippen molar-refractivity contribution in [2.75, 3.05) is 106 Å². The van der Waals surface area contributed by atoms with Crippen LogP contribution in [0, 0.1) is 27.1 Å². The lowest BCUT2D eigenvalue weighted by molar-refractivity contribution is -0.122. The Balaban J connectivity index is 5.07. The number of hydrogen-bond acceptors (Lipinski definition) is 8. The molecule has 45 heavy (non-hydrogen) atoms. The van der Waals surface area contributed by atoms with E-state index in [1.165, 1.54) is 0 Å². The Bertz CT molecular complexity index is 552. The molecular weight excluding hydrogens is 572 g/mol. The van der Waals surface area contributed by atoms with Gasteiger partial charge in [0, 0.05) is 26.4 Å². The summed E-state index contributed by atoms with van der Waals surface area (Å²) in [7, 11) is 0. The third-order valence-electron chi connectivity index (χ3n) is 7.11. The minimum absolute atomic E-state index is 0.255. The highest BCUT2D eigenvalue weighted by atomic mass is 16.6. The van der Waals surface area contributed by atoms with Crippen LogP contribution in [0.4, 0.5) is 0 Å². The normalized spacial score (nSPS) is 13.6. The van der Waals surface area contributed by atoms with Gasteiger partial charge in [-0.1, -0.05) is 83.1 Å². The molecule has 0 bridgehead atoms. The lowest BCUT2D eigenvalue weighted by Gasteiger charge is -2.33. The zero-order valence-corrected chi connectivity index (χ0v) is 31.9. The smallest absolute Gasteiger partial charge is 0.0700 e. The van der Waals surface area contributed by atoms with Gasteiger partial charge in [-0.3, -0.25) is 0 Å². The average Bonchev–Trinajstić information content (AvgIpc) is 2.88. The minimum Gasteiger partial charge on any atom is -0.379 e. The van der Waals surface area contributed by atoms with E-state index in [1.54, 1.807) is 0 Å². The summed E-state index contributed by atoms with van der Waals surface area (Å²) in [6.45, 7) is 35.6. The maximum atomic E-state index is 6.17. The predicted molar refractivity (Wildman–Crippen MR) is 185 cm³/mol. The Labute approximate surface area is 279 Å². The largest absolute Gasteiger partial charge is 0.379 e. The Morgan fingerprint density at radius 3 is 0.600 bits per heavy atom. The van der Waals surface area contributed by atoms with Gasteiger partial charge in [-0.05, 0) is 47.3 Å². The average molecular weight is 649 g/mol. The van der Waals surface area contributed by atoms with Gasteiger partial charge in [0.05, 0.1) is 84.7 Å². The minimum atomic E-state index is -0.479. The van der Waals surface area contributed by atoms with Gasteiger partial charge in [0.25, 0.3) is 0 Å². The molecule has 0 unspecified atom stereocenters. The molecule has 0 aliphatic carbocycles. The first-order valence-electron chi connectivity index (χ1n) is 17.4. The first-order chi connectivity index (χ1) is 20.8. The summed E-state index contributed by atoms with van der Waals surface area (Å²) in [6.07, 6.45) is 4.06. The molecule has 0 heterocycles. The van der Waals surface area contributed by atoms with Gasteiger partial charge in [0.2, 0.25) is 0 Å². The van der Waals surface area contributed by atoms with Crippen molar-refractivity contribution in [3.05, 3.63) is 0 Å². The third kappa shape index (κ3) is 33.4. The van der Waals surface area contributed by atoms with Gasteiger partial charge in [-0.2, -0.15) is 0 Å². The zero-order valence-electron chi connectivity index (χ0n) is 31.9. The van der Waals surface area contributed by atoms with Crippen molar-refractivity contribution in [1.29, 1.82) is 0 Å². The topological polar surface area (TPSA) is 73.8 Å². The SMILES string of the molecule is CC(C)(C)CCOCCOCC(COCCOCCC(C)(C)C)(COCCOCCC(C)(C)C)COCCOCCC(C)(C)C. The predicted octanol–water partition coefficient (Wildman–Crippen LogP) is 7.85.